The molecule has 20 heavy (non-hydrogen) atoms. The average molecular weight is 318 g/mol. The Kier molecular flexibility index (Phi) is 6.31. The number of hydrogen-bond donors (Lipinski definition) is 1. The lowest BCUT2D eigenvalue weighted by atomic mass is 9.91. The molecule has 1 N–H and O–H groups in total. The van der Waals surface area contributed by atoms with Crippen LogP contribution in [0.5, 0.6) is 0 Å². The van der Waals surface area contributed by atoms with Gasteiger partial charge in [-0.1, -0.05) is 43.1 Å². The Balaban J connectivity index is 3.14. The van der Waals surface area contributed by atoms with Crippen molar-refractivity contribution in [2.45, 2.75) is 33.2 Å². The number of nitrogens with one attached hydrogen (secondary N) is 1. The minimum Gasteiger partial charge on any atom is -0.464 e. The normalized spacial score (nSPS) is 14.2. The number of hydrogen-bond acceptors (Lipinski definition) is 3. The van der Waals surface area contributed by atoms with E-state index >= 15 is 0 Å². The van der Waals surface area contributed by atoms with Gasteiger partial charge in [-0.25, -0.2) is 4.79 Å². The molecule has 0 fully saturated rings. The molecule has 1 atom stereocenters. The maximum atomic E-state index is 12.3. The summed E-state index contributed by atoms with van der Waals surface area (Å²) in [5.74, 6) is 0.0885. The third kappa shape index (κ3) is 4.11. The van der Waals surface area contributed by atoms with Gasteiger partial charge in [-0.15, -0.1) is 0 Å². The van der Waals surface area contributed by atoms with Crippen LogP contribution in [0, 0.1) is 5.92 Å². The number of halogens is 2. The maximum Gasteiger partial charge on any atom is 0.330 e. The molecule has 1 aromatic rings. The van der Waals surface area contributed by atoms with E-state index in [1.54, 1.807) is 32.0 Å². The van der Waals surface area contributed by atoms with Gasteiger partial charge in [0.2, 0.25) is 0 Å². The van der Waals surface area contributed by atoms with E-state index in [4.69, 9.17) is 27.9 Å². The lowest BCUT2D eigenvalue weighted by Crippen LogP contribution is -2.49. The number of carbonyl (C=O) groups is 1. The van der Waals surface area contributed by atoms with Gasteiger partial charge < -0.3 is 4.74 Å². The Hall–Kier alpha value is -0.770. The summed E-state index contributed by atoms with van der Waals surface area (Å²) < 4.78 is 5.19. The van der Waals surface area contributed by atoms with Crippen LogP contribution in [0.4, 0.5) is 0 Å². The van der Waals surface area contributed by atoms with E-state index in [-0.39, 0.29) is 5.97 Å². The van der Waals surface area contributed by atoms with Crippen LogP contribution in [0.1, 0.15) is 33.3 Å². The van der Waals surface area contributed by atoms with Crippen molar-refractivity contribution in [2.24, 2.45) is 5.92 Å². The van der Waals surface area contributed by atoms with Crippen molar-refractivity contribution >= 4 is 29.2 Å². The van der Waals surface area contributed by atoms with Crippen molar-refractivity contribution < 1.29 is 9.53 Å². The topological polar surface area (TPSA) is 38.3 Å². The van der Waals surface area contributed by atoms with Gasteiger partial charge in [-0.3, -0.25) is 5.32 Å². The van der Waals surface area contributed by atoms with E-state index in [0.717, 1.165) is 5.56 Å². The zero-order valence-corrected chi connectivity index (χ0v) is 13.8. The van der Waals surface area contributed by atoms with E-state index in [0.29, 0.717) is 29.1 Å². The molecule has 3 nitrogen and oxygen atoms in total. The van der Waals surface area contributed by atoms with Crippen molar-refractivity contribution in [3.63, 3.8) is 0 Å². The molecule has 0 radical (unpaired) electrons. The van der Waals surface area contributed by atoms with Crippen LogP contribution in [0.25, 0.3) is 0 Å². The molecule has 0 aliphatic rings. The Bertz CT molecular complexity index is 477. The summed E-state index contributed by atoms with van der Waals surface area (Å²) in [4.78, 5) is 12.3. The number of rotatable bonds is 6. The molecule has 1 rings (SSSR count). The molecular formula is C15H21Cl2NO2. The van der Waals surface area contributed by atoms with E-state index in [9.17, 15) is 4.79 Å². The van der Waals surface area contributed by atoms with Gasteiger partial charge in [0.25, 0.3) is 0 Å². The van der Waals surface area contributed by atoms with Gasteiger partial charge in [0.15, 0.2) is 0 Å². The van der Waals surface area contributed by atoms with Gasteiger partial charge >= 0.3 is 5.97 Å². The first kappa shape index (κ1) is 17.3. The standard InChI is InChI=1S/C15H21Cl2NO2/c1-5-20-14(19)15(4,18-9-10(2)3)11-6-7-12(16)13(17)8-11/h6-8,10,18H,5,9H2,1-4H3. The first-order chi connectivity index (χ1) is 9.31. The zero-order valence-electron chi connectivity index (χ0n) is 12.3. The van der Waals surface area contributed by atoms with Gasteiger partial charge in [0, 0.05) is 0 Å². The van der Waals surface area contributed by atoms with Gasteiger partial charge in [-0.05, 0) is 44.0 Å². The molecule has 0 saturated heterocycles. The van der Waals surface area contributed by atoms with E-state index in [1.807, 2.05) is 0 Å². The average Bonchev–Trinajstić information content (AvgIpc) is 2.39. The summed E-state index contributed by atoms with van der Waals surface area (Å²) in [6.45, 7) is 8.76. The molecule has 0 heterocycles. The largest absolute Gasteiger partial charge is 0.464 e. The van der Waals surface area contributed by atoms with Crippen molar-refractivity contribution in [3.8, 4) is 0 Å². The van der Waals surface area contributed by atoms with Crippen LogP contribution in [-0.4, -0.2) is 19.1 Å². The Morgan fingerprint density at radius 2 is 2.00 bits per heavy atom. The predicted molar refractivity (Wildman–Crippen MR) is 83.3 cm³/mol. The number of benzene rings is 1. The molecule has 1 aromatic carbocycles. The molecular weight excluding hydrogens is 297 g/mol. The van der Waals surface area contributed by atoms with Crippen LogP contribution in [0.2, 0.25) is 10.0 Å². The van der Waals surface area contributed by atoms with Gasteiger partial charge in [0.05, 0.1) is 16.7 Å². The third-order valence-electron chi connectivity index (χ3n) is 3.04. The summed E-state index contributed by atoms with van der Waals surface area (Å²) in [5, 5.41) is 4.15. The molecule has 0 aliphatic heterocycles. The van der Waals surface area contributed by atoms with Crippen LogP contribution in [0.15, 0.2) is 18.2 Å². The maximum absolute atomic E-state index is 12.3. The van der Waals surface area contributed by atoms with Crippen molar-refractivity contribution in [3.05, 3.63) is 33.8 Å². The molecule has 0 spiro atoms. The van der Waals surface area contributed by atoms with Crippen LogP contribution in [-0.2, 0) is 15.1 Å². The predicted octanol–water partition coefficient (Wildman–Crippen LogP) is 4.02. The molecule has 5 heteroatoms. The summed E-state index contributed by atoms with van der Waals surface area (Å²) >= 11 is 12.0. The van der Waals surface area contributed by atoms with Crippen molar-refractivity contribution in [2.75, 3.05) is 13.2 Å². The molecule has 0 aromatic heterocycles. The highest BCUT2D eigenvalue weighted by Gasteiger charge is 2.36. The van der Waals surface area contributed by atoms with Crippen LogP contribution < -0.4 is 5.32 Å². The molecule has 0 amide bonds. The fourth-order valence-electron chi connectivity index (χ4n) is 1.78. The lowest BCUT2D eigenvalue weighted by molar-refractivity contribution is -0.151. The molecule has 0 aliphatic carbocycles. The Morgan fingerprint density at radius 3 is 2.50 bits per heavy atom. The van der Waals surface area contributed by atoms with Crippen LogP contribution in [0.3, 0.4) is 0 Å². The quantitative estimate of drug-likeness (QED) is 0.805. The third-order valence-corrected chi connectivity index (χ3v) is 3.78. The molecule has 0 saturated carbocycles. The Morgan fingerprint density at radius 1 is 1.35 bits per heavy atom. The second-order valence-electron chi connectivity index (χ2n) is 5.25. The second kappa shape index (κ2) is 7.30. The zero-order chi connectivity index (χ0) is 15.3. The monoisotopic (exact) mass is 317 g/mol. The van der Waals surface area contributed by atoms with Crippen molar-refractivity contribution in [1.82, 2.24) is 5.32 Å². The van der Waals surface area contributed by atoms with Crippen LogP contribution >= 0.6 is 23.2 Å². The summed E-state index contributed by atoms with van der Waals surface area (Å²) in [7, 11) is 0. The SMILES string of the molecule is CCOC(=O)C(C)(NCC(C)C)c1ccc(Cl)c(Cl)c1. The molecule has 1 unspecified atom stereocenters. The van der Waals surface area contributed by atoms with E-state index in [2.05, 4.69) is 19.2 Å². The van der Waals surface area contributed by atoms with E-state index in [1.165, 1.54) is 0 Å². The number of ether oxygens (including phenoxy) is 1. The number of esters is 1. The second-order valence-corrected chi connectivity index (χ2v) is 6.06. The fraction of sp³-hybridized carbons (Fsp3) is 0.533. The summed E-state index contributed by atoms with van der Waals surface area (Å²) in [6.07, 6.45) is 0. The first-order valence-corrected chi connectivity index (χ1v) is 7.44. The highest BCUT2D eigenvalue weighted by molar-refractivity contribution is 6.42. The highest BCUT2D eigenvalue weighted by atomic mass is 35.5. The minimum absolute atomic E-state index is 0.320. The molecule has 112 valence electrons. The fourth-order valence-corrected chi connectivity index (χ4v) is 2.08. The summed E-state index contributed by atoms with van der Waals surface area (Å²) in [5.41, 5.74) is -0.194. The lowest BCUT2D eigenvalue weighted by Gasteiger charge is -2.30. The Labute approximate surface area is 130 Å². The highest BCUT2D eigenvalue weighted by Crippen LogP contribution is 2.29. The summed E-state index contributed by atoms with van der Waals surface area (Å²) in [6, 6.07) is 5.18. The van der Waals surface area contributed by atoms with Gasteiger partial charge in [-0.2, -0.15) is 0 Å². The molecule has 0 bridgehead atoms. The first-order valence-electron chi connectivity index (χ1n) is 6.69. The van der Waals surface area contributed by atoms with Crippen molar-refractivity contribution in [1.29, 1.82) is 0 Å². The van der Waals surface area contributed by atoms with E-state index < -0.39 is 5.54 Å². The minimum atomic E-state index is -0.936. The van der Waals surface area contributed by atoms with Gasteiger partial charge in [0.1, 0.15) is 5.54 Å². The number of carbonyl (C=O) groups excluding carboxylic acids is 1. The smallest absolute Gasteiger partial charge is 0.330 e.